The van der Waals surface area contributed by atoms with Crippen LogP contribution in [0.25, 0.3) is 0 Å². The molecule has 1 heterocycles. The Morgan fingerprint density at radius 2 is 1.44 bits per heavy atom. The number of benzene rings is 2. The second kappa shape index (κ2) is 9.91. The number of carbonyl (C=O) groups is 1. The van der Waals surface area contributed by atoms with E-state index in [2.05, 4.69) is 0 Å². The fourth-order valence-electron chi connectivity index (χ4n) is 3.95. The maximum Gasteiger partial charge on any atom is 0.321 e. The highest BCUT2D eigenvalue weighted by atomic mass is 35.5. The normalized spacial score (nSPS) is 16.2. The highest BCUT2D eigenvalue weighted by Crippen LogP contribution is 2.33. The standard InChI is InChI=1S/C23H29NO2.ClH/c1-19(18-24-16-10-5-11-17-24)26-22(25)23(2,20-12-6-3-7-13-20)21-14-8-4-9-15-21;/h3-4,6-9,12-15,19H,5,10-11,16-18H2,1-2H3;1H. The van der Waals surface area contributed by atoms with Gasteiger partial charge in [0.25, 0.3) is 0 Å². The summed E-state index contributed by atoms with van der Waals surface area (Å²) in [7, 11) is 0. The average Bonchev–Trinajstić information content (AvgIpc) is 2.69. The first kappa shape index (κ1) is 21.5. The zero-order valence-corrected chi connectivity index (χ0v) is 17.0. The van der Waals surface area contributed by atoms with Gasteiger partial charge in [-0.05, 0) is 44.2 Å². The molecule has 0 aromatic heterocycles. The third-order valence-electron chi connectivity index (χ3n) is 5.56. The van der Waals surface area contributed by atoms with Crippen molar-refractivity contribution < 1.29 is 26.8 Å². The van der Waals surface area contributed by atoms with Gasteiger partial charge in [0.05, 0.1) is 13.1 Å². The smallest absolute Gasteiger partial charge is 0.321 e. The van der Waals surface area contributed by atoms with E-state index in [1.807, 2.05) is 74.5 Å². The summed E-state index contributed by atoms with van der Waals surface area (Å²) in [6, 6.07) is 19.9. The van der Waals surface area contributed by atoms with E-state index in [1.165, 1.54) is 32.4 Å². The highest BCUT2D eigenvalue weighted by Gasteiger charge is 2.39. The number of esters is 1. The Morgan fingerprint density at radius 3 is 1.93 bits per heavy atom. The average molecular weight is 388 g/mol. The van der Waals surface area contributed by atoms with Gasteiger partial charge in [-0.3, -0.25) is 4.79 Å². The van der Waals surface area contributed by atoms with Gasteiger partial charge in [-0.15, -0.1) is 0 Å². The molecule has 3 nitrogen and oxygen atoms in total. The minimum absolute atomic E-state index is 0. The van der Waals surface area contributed by atoms with Gasteiger partial charge in [-0.2, -0.15) is 0 Å². The van der Waals surface area contributed by atoms with Crippen LogP contribution in [0.5, 0.6) is 0 Å². The van der Waals surface area contributed by atoms with Crippen molar-refractivity contribution in [2.75, 3.05) is 19.6 Å². The number of ether oxygens (including phenoxy) is 1. The van der Waals surface area contributed by atoms with Crippen LogP contribution in [-0.2, 0) is 14.9 Å². The zero-order valence-electron chi connectivity index (χ0n) is 16.3. The number of rotatable bonds is 6. The van der Waals surface area contributed by atoms with Crippen molar-refractivity contribution in [3.05, 3.63) is 71.8 Å². The molecule has 1 aliphatic heterocycles. The first-order chi connectivity index (χ1) is 12.6. The Bertz CT molecular complexity index is 659. The third-order valence-corrected chi connectivity index (χ3v) is 5.56. The number of quaternary nitrogens is 1. The van der Waals surface area contributed by atoms with Gasteiger partial charge in [0.15, 0.2) is 0 Å². The molecular weight excluding hydrogens is 358 g/mol. The van der Waals surface area contributed by atoms with Crippen LogP contribution in [0.2, 0.25) is 0 Å². The van der Waals surface area contributed by atoms with Crippen LogP contribution in [0, 0.1) is 0 Å². The molecule has 1 N–H and O–H groups in total. The van der Waals surface area contributed by atoms with E-state index >= 15 is 0 Å². The lowest BCUT2D eigenvalue weighted by Gasteiger charge is -2.31. The highest BCUT2D eigenvalue weighted by molar-refractivity contribution is 5.87. The van der Waals surface area contributed by atoms with E-state index in [4.69, 9.17) is 4.74 Å². The quantitative estimate of drug-likeness (QED) is 0.707. The van der Waals surface area contributed by atoms with Crippen molar-refractivity contribution in [3.8, 4) is 0 Å². The lowest BCUT2D eigenvalue weighted by Crippen LogP contribution is -3.13. The SMILES string of the molecule is CC(C[NH+]1CCCCC1)OC(=O)C(C)(c1ccccc1)c1ccccc1.[Cl-]. The maximum atomic E-state index is 13.3. The molecule has 1 fully saturated rings. The Balaban J connectivity index is 0.00000261. The molecule has 0 saturated carbocycles. The first-order valence-electron chi connectivity index (χ1n) is 9.76. The number of halogens is 1. The molecule has 3 rings (SSSR count). The zero-order chi connectivity index (χ0) is 18.4. The van der Waals surface area contributed by atoms with Crippen LogP contribution < -0.4 is 17.3 Å². The fraction of sp³-hybridized carbons (Fsp3) is 0.435. The van der Waals surface area contributed by atoms with Crippen LogP contribution in [0.3, 0.4) is 0 Å². The molecule has 4 heteroatoms. The molecule has 0 amide bonds. The lowest BCUT2D eigenvalue weighted by molar-refractivity contribution is -0.907. The number of carbonyl (C=O) groups excluding carboxylic acids is 1. The molecule has 2 aromatic carbocycles. The Hall–Kier alpha value is -1.84. The Kier molecular flexibility index (Phi) is 7.88. The molecule has 0 bridgehead atoms. The van der Waals surface area contributed by atoms with Crippen LogP contribution >= 0.6 is 0 Å². The summed E-state index contributed by atoms with van der Waals surface area (Å²) in [5.74, 6) is -0.168. The van der Waals surface area contributed by atoms with Crippen molar-refractivity contribution in [3.63, 3.8) is 0 Å². The Labute approximate surface area is 169 Å². The summed E-state index contributed by atoms with van der Waals surface area (Å²) in [5, 5.41) is 0. The minimum atomic E-state index is -0.798. The monoisotopic (exact) mass is 387 g/mol. The maximum absolute atomic E-state index is 13.3. The topological polar surface area (TPSA) is 30.7 Å². The fourth-order valence-corrected chi connectivity index (χ4v) is 3.95. The van der Waals surface area contributed by atoms with Crippen molar-refractivity contribution >= 4 is 5.97 Å². The molecule has 0 radical (unpaired) electrons. The minimum Gasteiger partial charge on any atom is -1.00 e. The summed E-state index contributed by atoms with van der Waals surface area (Å²) in [5.41, 5.74) is 1.14. The van der Waals surface area contributed by atoms with Crippen LogP contribution in [-0.4, -0.2) is 31.7 Å². The largest absolute Gasteiger partial charge is 1.00 e. The molecule has 27 heavy (non-hydrogen) atoms. The predicted molar refractivity (Wildman–Crippen MR) is 104 cm³/mol. The van der Waals surface area contributed by atoms with Gasteiger partial charge in [0.1, 0.15) is 18.1 Å². The van der Waals surface area contributed by atoms with Crippen LogP contribution in [0.4, 0.5) is 0 Å². The van der Waals surface area contributed by atoms with Gasteiger partial charge in [0.2, 0.25) is 0 Å². The molecule has 1 atom stereocenters. The number of piperidine rings is 1. The van der Waals surface area contributed by atoms with Crippen molar-refractivity contribution in [2.45, 2.75) is 44.6 Å². The number of nitrogens with one attached hydrogen (secondary N) is 1. The molecule has 0 aliphatic carbocycles. The third kappa shape index (κ3) is 5.12. The van der Waals surface area contributed by atoms with Crippen molar-refractivity contribution in [2.24, 2.45) is 0 Å². The van der Waals surface area contributed by atoms with Gasteiger partial charge in [-0.25, -0.2) is 0 Å². The Morgan fingerprint density at radius 1 is 0.963 bits per heavy atom. The summed E-state index contributed by atoms with van der Waals surface area (Å²) >= 11 is 0. The number of hydrogen-bond donors (Lipinski definition) is 1. The predicted octanol–water partition coefficient (Wildman–Crippen LogP) is -0.00290. The molecule has 2 aromatic rings. The van der Waals surface area contributed by atoms with Crippen molar-refractivity contribution in [1.82, 2.24) is 0 Å². The molecule has 0 spiro atoms. The van der Waals surface area contributed by atoms with Gasteiger partial charge >= 0.3 is 5.97 Å². The van der Waals surface area contributed by atoms with E-state index in [9.17, 15) is 4.79 Å². The number of hydrogen-bond acceptors (Lipinski definition) is 2. The van der Waals surface area contributed by atoms with E-state index in [-0.39, 0.29) is 24.5 Å². The van der Waals surface area contributed by atoms with Gasteiger partial charge in [-0.1, -0.05) is 60.7 Å². The second-order valence-electron chi connectivity index (χ2n) is 7.59. The van der Waals surface area contributed by atoms with Crippen LogP contribution in [0.15, 0.2) is 60.7 Å². The van der Waals surface area contributed by atoms with E-state index in [1.54, 1.807) is 4.90 Å². The molecular formula is C23H30ClNO2. The molecule has 146 valence electrons. The summed E-state index contributed by atoms with van der Waals surface area (Å²) in [6.45, 7) is 7.27. The summed E-state index contributed by atoms with van der Waals surface area (Å²) in [6.07, 6.45) is 3.81. The number of likely N-dealkylation sites (tertiary alicyclic amines) is 1. The molecule has 1 unspecified atom stereocenters. The second-order valence-corrected chi connectivity index (χ2v) is 7.59. The summed E-state index contributed by atoms with van der Waals surface area (Å²) < 4.78 is 5.97. The van der Waals surface area contributed by atoms with E-state index in [0.29, 0.717) is 0 Å². The lowest BCUT2D eigenvalue weighted by atomic mass is 9.76. The molecule has 1 saturated heterocycles. The van der Waals surface area contributed by atoms with E-state index in [0.717, 1.165) is 17.7 Å². The first-order valence-corrected chi connectivity index (χ1v) is 9.76. The summed E-state index contributed by atoms with van der Waals surface area (Å²) in [4.78, 5) is 14.8. The van der Waals surface area contributed by atoms with Crippen LogP contribution in [0.1, 0.15) is 44.2 Å². The molecule has 1 aliphatic rings. The van der Waals surface area contributed by atoms with Gasteiger partial charge in [0, 0.05) is 0 Å². The van der Waals surface area contributed by atoms with Gasteiger partial charge < -0.3 is 22.0 Å². The van der Waals surface area contributed by atoms with Crippen molar-refractivity contribution in [1.29, 1.82) is 0 Å². The van der Waals surface area contributed by atoms with E-state index < -0.39 is 5.41 Å².